The number of sulfone groups is 4. The van der Waals surface area contributed by atoms with E-state index in [-0.39, 0.29) is 73.7 Å². The standard InChI is InChI=1S/C23H37N3O3SSi.C17H23N3O3S.C11H9FN2O.C9H16N2.C7H15F3O3SSi.C6H15NO2S.C6H13NO2.C4H4BrNO2.C3H7NO2.C3H6O2S.O2S.H2O.H2/c1-16-21(26-23(6,7)14-15-30(8,27)28)25-20-18(12-11-13-19(20)24-16)17(2)29-31(9,10)22(3,4)5;1-11-16(20-17(3,4)9-10-24(5,22)23)19-15-13(12(2)21)7-6-8-14(15)18-11;1-6-11(12)14-10-8(7(2)15)4-3-5-9(10)13-6;1-2-5-9-10-6-4-8-11(9)7-3-1;1-6(2,3)15(4,5)13-14(11,12)7(8,9)10;1-6(2,7)4-5-10(3,8)9;1-4-5-6(2,3)7(8)9;5-6-3(7)1-2-4(6)8;1-3(2)4(5)6;1-3-6(2,4)5;1-3-2;;/h11-13H,2,14-15H2,1,3-10H3,(H,25,26);6-8H,9-10H2,1-5H3,(H,19,20);3-5H,1-2H3;1-8H2;1-5H3;4-5,7H2,1-3H3;4-5H2,1-3H3;1-2H2;3H,1-2H3;3H,1H2,2H3;;1H2;1H. The average Bonchev–Trinajstić information content (AvgIpc) is 0.931. The number of amidine groups is 1. The summed E-state index contributed by atoms with van der Waals surface area (Å²) in [7, 11) is -22.3. The molecule has 0 bridgehead atoms. The lowest BCUT2D eigenvalue weighted by Gasteiger charge is -2.37. The molecule has 2 saturated heterocycles. The first-order valence-electron chi connectivity index (χ1n) is 43.8. The van der Waals surface area contributed by atoms with Crippen LogP contribution in [0.15, 0.2) is 78.2 Å². The Morgan fingerprint density at radius 3 is 1.26 bits per heavy atom. The van der Waals surface area contributed by atoms with Crippen molar-refractivity contribution in [2.75, 3.05) is 72.5 Å². The number of carbonyl (C=O) groups excluding carboxylic acids is 4. The van der Waals surface area contributed by atoms with Crippen LogP contribution in [0.5, 0.6) is 0 Å². The number of rotatable bonds is 25. The first kappa shape index (κ1) is 135. The van der Waals surface area contributed by atoms with E-state index in [0.717, 1.165) is 50.8 Å². The van der Waals surface area contributed by atoms with Crippen LogP contribution in [0, 0.1) is 46.9 Å². The van der Waals surface area contributed by atoms with Crippen LogP contribution >= 0.6 is 16.1 Å². The fraction of sp³-hybridized carbons (Fsp3) is 0.629. The monoisotopic (exact) mass is 2180 g/mol. The molecule has 3 aliphatic rings. The van der Waals surface area contributed by atoms with Gasteiger partial charge in [-0.15, -0.1) is 0 Å². The number of nitrogens with one attached hydrogen (secondary N) is 2. The molecule has 139 heavy (non-hydrogen) atoms. The molecule has 0 atom stereocenters. The van der Waals surface area contributed by atoms with Gasteiger partial charge in [0.15, 0.2) is 21.4 Å². The van der Waals surface area contributed by atoms with Crippen LogP contribution in [0.1, 0.15) is 253 Å². The minimum Gasteiger partial charge on any atom is -0.543 e. The third kappa shape index (κ3) is 52.8. The quantitative estimate of drug-likeness (QED) is 0.00551. The second-order valence-corrected chi connectivity index (χ2v) is 59.9. The van der Waals surface area contributed by atoms with E-state index >= 15 is 0 Å². The Kier molecular flexibility index (Phi) is 55.2. The van der Waals surface area contributed by atoms with Gasteiger partial charge >= 0.3 is 27.2 Å². The summed E-state index contributed by atoms with van der Waals surface area (Å²) in [6, 6.07) is 15.8. The number of hydrogen-bond donors (Lipinski definition) is 3. The number of halogens is 5. The van der Waals surface area contributed by atoms with Gasteiger partial charge < -0.3 is 35.0 Å². The fourth-order valence-electron chi connectivity index (χ4n) is 10.8. The maximum Gasteiger partial charge on any atom is 0.522 e. The van der Waals surface area contributed by atoms with E-state index in [1.165, 1.54) is 96.7 Å². The minimum absolute atomic E-state index is 0. The van der Waals surface area contributed by atoms with Crippen molar-refractivity contribution in [2.45, 2.75) is 299 Å². The van der Waals surface area contributed by atoms with Gasteiger partial charge in [0.2, 0.25) is 46.0 Å². The number of aromatic nitrogens is 6. The molecule has 0 aliphatic carbocycles. The van der Waals surface area contributed by atoms with Crippen LogP contribution in [-0.2, 0) is 78.9 Å². The van der Waals surface area contributed by atoms with Gasteiger partial charge in [-0.1, -0.05) is 86.2 Å². The number of amides is 2. The number of alkyl halides is 3. The summed E-state index contributed by atoms with van der Waals surface area (Å²) < 4.78 is 186. The molecule has 792 valence electrons. The summed E-state index contributed by atoms with van der Waals surface area (Å²) in [5.41, 5.74) is 5.24. The van der Waals surface area contributed by atoms with Crippen molar-refractivity contribution >= 4 is 174 Å². The number of aryl methyl sites for hydroxylation is 3. The molecule has 6 aromatic rings. The molecule has 50 heteroatoms. The number of benzene rings is 3. The van der Waals surface area contributed by atoms with Gasteiger partial charge in [-0.2, -0.15) is 34.4 Å². The Morgan fingerprint density at radius 1 is 0.604 bits per heavy atom. The highest BCUT2D eigenvalue weighted by molar-refractivity contribution is 9.08. The molecule has 9 rings (SSSR count). The Labute approximate surface area is 834 Å². The topological polar surface area (TPSA) is 556 Å². The summed E-state index contributed by atoms with van der Waals surface area (Å²) in [6.07, 6.45) is 15.1. The van der Waals surface area contributed by atoms with E-state index in [2.05, 4.69) is 108 Å². The molecule has 0 radical (unpaired) electrons. The number of nitrogens with two attached hydrogens (primary N) is 1. The summed E-state index contributed by atoms with van der Waals surface area (Å²) in [5, 5.41) is 26.8. The van der Waals surface area contributed by atoms with E-state index in [4.69, 9.17) is 28.5 Å². The molecule has 2 fully saturated rings. The summed E-state index contributed by atoms with van der Waals surface area (Å²) >= 11 is 2.05. The zero-order valence-electron chi connectivity index (χ0n) is 85.8. The molecule has 0 saturated carbocycles. The van der Waals surface area contributed by atoms with Crippen molar-refractivity contribution in [3.05, 3.63) is 133 Å². The zero-order valence-corrected chi connectivity index (χ0v) is 94.3. The first-order valence-corrected chi connectivity index (χ1v) is 60.6. The summed E-state index contributed by atoms with van der Waals surface area (Å²) in [5.74, 6) is 2.46. The molecular weight excluding hydrogens is 2040 g/mol. The number of nitro groups is 2. The highest BCUT2D eigenvalue weighted by Gasteiger charge is 2.53. The highest BCUT2D eigenvalue weighted by atomic mass is 79.9. The van der Waals surface area contributed by atoms with Crippen molar-refractivity contribution in [1.82, 2.24) is 38.7 Å². The maximum atomic E-state index is 13.2. The lowest BCUT2D eigenvalue weighted by Crippen LogP contribution is -2.45. The van der Waals surface area contributed by atoms with E-state index in [1.807, 2.05) is 86.6 Å². The number of anilines is 2. The number of nitrogens with zero attached hydrogens (tertiary/aromatic N) is 11. The normalized spacial score (nSPS) is 13.8. The van der Waals surface area contributed by atoms with Crippen molar-refractivity contribution < 1.29 is 112 Å². The number of Topliss-reactive ketones (excluding diaryl/α,β-unsaturated/α-hetero) is 2. The highest BCUT2D eigenvalue weighted by Crippen LogP contribution is 2.42. The van der Waals surface area contributed by atoms with Gasteiger partial charge in [0.05, 0.1) is 72.9 Å². The van der Waals surface area contributed by atoms with Crippen LogP contribution in [0.3, 0.4) is 0 Å². The van der Waals surface area contributed by atoms with Crippen molar-refractivity contribution in [1.29, 1.82) is 0 Å². The molecule has 0 unspecified atom stereocenters. The Morgan fingerprint density at radius 2 is 0.957 bits per heavy atom. The van der Waals surface area contributed by atoms with Gasteiger partial charge in [0.25, 0.3) is 0 Å². The summed E-state index contributed by atoms with van der Waals surface area (Å²) in [6.45, 7) is 57.6. The molecular formula is C89H149BrF4N14O23S6Si2. The molecule has 2 amide bonds. The first-order chi connectivity index (χ1) is 62.2. The molecule has 3 aliphatic heterocycles. The van der Waals surface area contributed by atoms with Crippen LogP contribution in [0.25, 0.3) is 38.9 Å². The van der Waals surface area contributed by atoms with Crippen molar-refractivity contribution in [3.63, 3.8) is 0 Å². The average molecular weight is 2190 g/mol. The SMILES string of the molecule is C1CCC2=NCCCN2CC1.C=C(O[Si](C)(C)C(C)(C)C)c1cccc2nc(C)c(NC(C)(C)CCS(C)(=O)=O)nc12.C=CS(C)(=O)=O.CC(=O)c1cccc2nc(C)c(F)nc12.CC(=O)c1cccc2nc(C)c(NC(C)(C)CCS(C)(=O)=O)nc12.CC(C)(C)[Si](C)(C)OS(=O)(=O)C(F)(F)F.CC(C)(N)CCS(C)(=O)=O.CC(C)[N+](=O)[O-].CCCC(C)(C)[N+](=O)[O-].O.O=C1CCC(=O)N1Br.O=S=O.[HH]. The zero-order chi connectivity index (χ0) is 108. The van der Waals surface area contributed by atoms with E-state index < -0.39 is 117 Å². The van der Waals surface area contributed by atoms with Crippen molar-refractivity contribution in [3.8, 4) is 0 Å². The van der Waals surface area contributed by atoms with E-state index in [0.29, 0.717) is 94.8 Å². The minimum atomic E-state index is -5.48. The van der Waals surface area contributed by atoms with E-state index in [9.17, 15) is 99.1 Å². The van der Waals surface area contributed by atoms with Gasteiger partial charge in [-0.05, 0) is 194 Å². The number of carbonyl (C=O) groups is 4. The Bertz CT molecular complexity index is 5840. The Hall–Kier alpha value is -8.61. The number of hydrogen-bond acceptors (Lipinski definition) is 33. The fourth-order valence-corrected chi connectivity index (χ4v) is 18.4. The second-order valence-electron chi connectivity index (χ2n) is 39.0. The number of fused-ring (bicyclic) bond motifs is 4. The largest absolute Gasteiger partial charge is 0.543 e. The van der Waals surface area contributed by atoms with Crippen LogP contribution < -0.4 is 16.4 Å². The second kappa shape index (κ2) is 57.0. The molecule has 37 nitrogen and oxygen atoms in total. The number of aliphatic imine (C=N–C) groups is 1. The number of ketones is 2. The third-order valence-electron chi connectivity index (χ3n) is 21.1. The maximum absolute atomic E-state index is 13.2. The molecule has 3 aromatic carbocycles. The van der Waals surface area contributed by atoms with Gasteiger partial charge in [0.1, 0.15) is 63.5 Å². The van der Waals surface area contributed by atoms with Crippen LogP contribution in [0.4, 0.5) is 29.2 Å². The van der Waals surface area contributed by atoms with Crippen LogP contribution in [0.2, 0.25) is 36.3 Å². The molecule has 6 N–H and O–H groups in total. The Balaban J connectivity index is -0.000000763. The summed E-state index contributed by atoms with van der Waals surface area (Å²) in [4.78, 5) is 96.6. The van der Waals surface area contributed by atoms with Gasteiger partial charge in [-0.25, -0.2) is 67.5 Å². The lowest BCUT2D eigenvalue weighted by atomic mass is 10.0. The smallest absolute Gasteiger partial charge is 0.522 e. The number of imide groups is 1. The predicted octanol–water partition coefficient (Wildman–Crippen LogP) is 17.2. The third-order valence-corrected chi connectivity index (χ3v) is 36.4. The molecule has 6 heterocycles. The lowest BCUT2D eigenvalue weighted by molar-refractivity contribution is -0.561. The van der Waals surface area contributed by atoms with Gasteiger partial charge in [0, 0.05) is 148 Å². The molecule has 0 spiro atoms. The van der Waals surface area contributed by atoms with E-state index in [1.54, 1.807) is 85.7 Å². The van der Waals surface area contributed by atoms with Gasteiger partial charge in [-0.3, -0.25) is 44.4 Å². The van der Waals surface area contributed by atoms with Crippen molar-refractivity contribution in [2.24, 2.45) is 10.7 Å². The molecule has 3 aromatic heterocycles. The number of para-hydroxylation sites is 3. The van der Waals surface area contributed by atoms with Crippen LogP contribution in [-0.4, -0.2) is 246 Å². The predicted molar refractivity (Wildman–Crippen MR) is 555 cm³/mol.